The molecule has 0 saturated heterocycles. The average molecular weight is 448 g/mol. The molecule has 0 radical (unpaired) electrons. The van der Waals surface area contributed by atoms with Gasteiger partial charge in [0, 0.05) is 11.8 Å². The monoisotopic (exact) mass is 447 g/mol. The van der Waals surface area contributed by atoms with Crippen LogP contribution in [-0.2, 0) is 16.1 Å². The van der Waals surface area contributed by atoms with Crippen LogP contribution >= 0.6 is 11.3 Å². The van der Waals surface area contributed by atoms with Gasteiger partial charge in [0.05, 0.1) is 30.2 Å². The number of nitrogens with one attached hydrogen (secondary N) is 1. The number of unbranched alkanes of at least 4 members (excludes halogenated alkanes) is 1. The standard InChI is InChI=1S/C23H29NO6S/c1-5-7-12-29-19-10-8-17(13-20(19)28-6-2)23(27)30-15(3)22(26)21-11-9-18(31-21)14-24-16(4)25/h8-11,13,15H,5-7,12,14H2,1-4H3,(H,24,25). The summed E-state index contributed by atoms with van der Waals surface area (Å²) < 4.78 is 16.7. The molecule has 1 N–H and O–H groups in total. The Morgan fingerprint density at radius 1 is 1.06 bits per heavy atom. The molecule has 1 unspecified atom stereocenters. The number of ketones is 1. The molecule has 0 fully saturated rings. The summed E-state index contributed by atoms with van der Waals surface area (Å²) in [6, 6.07) is 8.29. The molecule has 1 heterocycles. The molecule has 0 aliphatic heterocycles. The molecule has 0 bridgehead atoms. The Kier molecular flexibility index (Phi) is 9.52. The minimum Gasteiger partial charge on any atom is -0.490 e. The first-order chi connectivity index (χ1) is 14.8. The molecule has 0 saturated carbocycles. The SMILES string of the molecule is CCCCOc1ccc(C(=O)OC(C)C(=O)c2ccc(CNC(C)=O)s2)cc1OCC. The lowest BCUT2D eigenvalue weighted by molar-refractivity contribution is -0.119. The lowest BCUT2D eigenvalue weighted by Gasteiger charge is -2.14. The van der Waals surface area contributed by atoms with Gasteiger partial charge >= 0.3 is 5.97 Å². The van der Waals surface area contributed by atoms with Crippen molar-refractivity contribution in [2.75, 3.05) is 13.2 Å². The van der Waals surface area contributed by atoms with Crippen LogP contribution in [0, 0.1) is 0 Å². The molecule has 0 aliphatic carbocycles. The Morgan fingerprint density at radius 3 is 2.52 bits per heavy atom. The number of esters is 1. The van der Waals surface area contributed by atoms with Crippen molar-refractivity contribution < 1.29 is 28.6 Å². The van der Waals surface area contributed by atoms with Crippen LogP contribution in [0.4, 0.5) is 0 Å². The van der Waals surface area contributed by atoms with Gasteiger partial charge in [-0.05, 0) is 50.6 Å². The number of ether oxygens (including phenoxy) is 3. The Morgan fingerprint density at radius 2 is 1.84 bits per heavy atom. The van der Waals surface area contributed by atoms with Gasteiger partial charge in [0.25, 0.3) is 0 Å². The number of thiophene rings is 1. The van der Waals surface area contributed by atoms with Crippen LogP contribution in [0.2, 0.25) is 0 Å². The van der Waals surface area contributed by atoms with E-state index in [-0.39, 0.29) is 17.3 Å². The molecule has 8 heteroatoms. The smallest absolute Gasteiger partial charge is 0.338 e. The maximum Gasteiger partial charge on any atom is 0.338 e. The quantitative estimate of drug-likeness (QED) is 0.295. The Labute approximate surface area is 186 Å². The minimum atomic E-state index is -0.948. The number of carbonyl (C=O) groups excluding carboxylic acids is 3. The Balaban J connectivity index is 2.03. The minimum absolute atomic E-state index is 0.142. The van der Waals surface area contributed by atoms with Crippen molar-refractivity contribution in [1.82, 2.24) is 5.32 Å². The number of rotatable bonds is 12. The molecular formula is C23H29NO6S. The molecule has 1 amide bonds. The van der Waals surface area contributed by atoms with Crippen molar-refractivity contribution >= 4 is 29.0 Å². The normalized spacial score (nSPS) is 11.5. The zero-order valence-corrected chi connectivity index (χ0v) is 19.2. The lowest BCUT2D eigenvalue weighted by atomic mass is 10.2. The molecule has 31 heavy (non-hydrogen) atoms. The van der Waals surface area contributed by atoms with Gasteiger partial charge in [-0.2, -0.15) is 0 Å². The molecule has 1 aromatic carbocycles. The fraction of sp³-hybridized carbons (Fsp3) is 0.435. The van der Waals surface area contributed by atoms with Crippen LogP contribution in [0.25, 0.3) is 0 Å². The zero-order chi connectivity index (χ0) is 22.8. The number of hydrogen-bond donors (Lipinski definition) is 1. The van der Waals surface area contributed by atoms with E-state index in [0.717, 1.165) is 17.7 Å². The highest BCUT2D eigenvalue weighted by Gasteiger charge is 2.23. The molecule has 168 valence electrons. The maximum absolute atomic E-state index is 12.6. The maximum atomic E-state index is 12.6. The van der Waals surface area contributed by atoms with Gasteiger partial charge in [0.15, 0.2) is 17.6 Å². The number of amides is 1. The average Bonchev–Trinajstić information content (AvgIpc) is 3.22. The summed E-state index contributed by atoms with van der Waals surface area (Å²) in [4.78, 5) is 37.6. The van der Waals surface area contributed by atoms with Crippen LogP contribution in [0.15, 0.2) is 30.3 Å². The van der Waals surface area contributed by atoms with Gasteiger partial charge in [0.2, 0.25) is 11.7 Å². The third kappa shape index (κ3) is 7.40. The number of Topliss-reactive ketones (excluding diaryl/α,β-unsaturated/α-hetero) is 1. The molecule has 0 spiro atoms. The van der Waals surface area contributed by atoms with Crippen molar-refractivity contribution in [2.24, 2.45) is 0 Å². The topological polar surface area (TPSA) is 90.9 Å². The van der Waals surface area contributed by atoms with E-state index >= 15 is 0 Å². The number of hydrogen-bond acceptors (Lipinski definition) is 7. The summed E-state index contributed by atoms with van der Waals surface area (Å²) >= 11 is 1.26. The summed E-state index contributed by atoms with van der Waals surface area (Å²) in [5.41, 5.74) is 0.281. The molecule has 1 atom stereocenters. The summed E-state index contributed by atoms with van der Waals surface area (Å²) in [6.45, 7) is 8.25. The Hall–Kier alpha value is -2.87. The van der Waals surface area contributed by atoms with Crippen LogP contribution < -0.4 is 14.8 Å². The fourth-order valence-electron chi connectivity index (χ4n) is 2.65. The molecule has 1 aromatic heterocycles. The van der Waals surface area contributed by atoms with E-state index in [2.05, 4.69) is 12.2 Å². The molecule has 7 nitrogen and oxygen atoms in total. The molecule has 2 aromatic rings. The van der Waals surface area contributed by atoms with Crippen molar-refractivity contribution in [1.29, 1.82) is 0 Å². The predicted octanol–water partition coefficient (Wildman–Crippen LogP) is 4.39. The highest BCUT2D eigenvalue weighted by Crippen LogP contribution is 2.29. The molecule has 0 aliphatic rings. The van der Waals surface area contributed by atoms with Gasteiger partial charge < -0.3 is 19.5 Å². The van der Waals surface area contributed by atoms with E-state index < -0.39 is 12.1 Å². The van der Waals surface area contributed by atoms with Crippen LogP contribution in [0.5, 0.6) is 11.5 Å². The predicted molar refractivity (Wildman–Crippen MR) is 119 cm³/mol. The van der Waals surface area contributed by atoms with Gasteiger partial charge in [-0.25, -0.2) is 4.79 Å². The lowest BCUT2D eigenvalue weighted by Crippen LogP contribution is -2.23. The van der Waals surface area contributed by atoms with Crippen molar-refractivity contribution in [3.8, 4) is 11.5 Å². The van der Waals surface area contributed by atoms with Crippen LogP contribution in [0.1, 0.15) is 65.4 Å². The second-order valence-corrected chi connectivity index (χ2v) is 8.05. The highest BCUT2D eigenvalue weighted by molar-refractivity contribution is 7.14. The third-order valence-electron chi connectivity index (χ3n) is 4.30. The third-order valence-corrected chi connectivity index (χ3v) is 5.40. The number of benzene rings is 1. The zero-order valence-electron chi connectivity index (χ0n) is 18.4. The first-order valence-corrected chi connectivity index (χ1v) is 11.1. The van der Waals surface area contributed by atoms with Gasteiger partial charge in [-0.1, -0.05) is 13.3 Å². The molecular weight excluding hydrogens is 418 g/mol. The van der Waals surface area contributed by atoms with Crippen LogP contribution in [-0.4, -0.2) is 37.0 Å². The summed E-state index contributed by atoms with van der Waals surface area (Å²) in [5, 5.41) is 2.69. The fourth-order valence-corrected chi connectivity index (χ4v) is 3.61. The summed E-state index contributed by atoms with van der Waals surface area (Å²) in [5.74, 6) is -0.0140. The van der Waals surface area contributed by atoms with E-state index in [1.165, 1.54) is 18.3 Å². The van der Waals surface area contributed by atoms with E-state index in [9.17, 15) is 14.4 Å². The largest absolute Gasteiger partial charge is 0.490 e. The van der Waals surface area contributed by atoms with Gasteiger partial charge in [-0.3, -0.25) is 9.59 Å². The summed E-state index contributed by atoms with van der Waals surface area (Å²) in [6.07, 6.45) is 0.986. The number of carbonyl (C=O) groups is 3. The van der Waals surface area contributed by atoms with E-state index in [0.29, 0.717) is 36.1 Å². The van der Waals surface area contributed by atoms with Crippen molar-refractivity contribution in [3.05, 3.63) is 45.6 Å². The van der Waals surface area contributed by atoms with Gasteiger partial charge in [-0.15, -0.1) is 11.3 Å². The van der Waals surface area contributed by atoms with E-state index in [1.54, 1.807) is 37.3 Å². The second-order valence-electron chi connectivity index (χ2n) is 6.88. The summed E-state index contributed by atoms with van der Waals surface area (Å²) in [7, 11) is 0. The van der Waals surface area contributed by atoms with E-state index in [4.69, 9.17) is 14.2 Å². The first-order valence-electron chi connectivity index (χ1n) is 10.3. The van der Waals surface area contributed by atoms with Crippen molar-refractivity contribution in [3.63, 3.8) is 0 Å². The Bertz CT molecular complexity index is 907. The second kappa shape index (κ2) is 12.1. The molecule has 2 rings (SSSR count). The van der Waals surface area contributed by atoms with Gasteiger partial charge in [0.1, 0.15) is 0 Å². The van der Waals surface area contributed by atoms with Crippen LogP contribution in [0.3, 0.4) is 0 Å². The van der Waals surface area contributed by atoms with Crippen molar-refractivity contribution in [2.45, 2.75) is 53.2 Å². The first kappa shape index (κ1) is 24.4. The highest BCUT2D eigenvalue weighted by atomic mass is 32.1. The van der Waals surface area contributed by atoms with E-state index in [1.807, 2.05) is 6.92 Å².